The van der Waals surface area contributed by atoms with Crippen LogP contribution in [0.1, 0.15) is 11.3 Å². The molecule has 118 valence electrons. The molecule has 24 heavy (non-hydrogen) atoms. The molecule has 5 heteroatoms. The van der Waals surface area contributed by atoms with Gasteiger partial charge in [-0.3, -0.25) is 0 Å². The molecule has 0 saturated heterocycles. The molecule has 0 unspecified atom stereocenters. The smallest absolute Gasteiger partial charge is 0.322 e. The zero-order chi connectivity index (χ0) is 16.5. The molecule has 2 heterocycles. The monoisotopic (exact) mass is 316 g/mol. The average Bonchev–Trinajstić information content (AvgIpc) is 2.99. The maximum atomic E-state index is 12.5. The highest BCUT2D eigenvalue weighted by atomic mass is 16.2. The van der Waals surface area contributed by atoms with Crippen molar-refractivity contribution in [2.75, 3.05) is 11.9 Å². The fourth-order valence-corrected chi connectivity index (χ4v) is 3.20. The number of para-hydroxylation sites is 1. The summed E-state index contributed by atoms with van der Waals surface area (Å²) in [4.78, 5) is 14.3. The number of urea groups is 1. The Morgan fingerprint density at radius 1 is 1.08 bits per heavy atom. The van der Waals surface area contributed by atoms with Crippen LogP contribution >= 0.6 is 0 Å². The summed E-state index contributed by atoms with van der Waals surface area (Å²) in [6, 6.07) is 19.3. The van der Waals surface area contributed by atoms with Gasteiger partial charge in [0.05, 0.1) is 18.2 Å². The summed E-state index contributed by atoms with van der Waals surface area (Å²) in [6.07, 6.45) is 0. The molecular weight excluding hydrogens is 300 g/mol. The van der Waals surface area contributed by atoms with E-state index in [1.165, 1.54) is 10.9 Å². The van der Waals surface area contributed by atoms with Crippen molar-refractivity contribution < 1.29 is 4.79 Å². The lowest BCUT2D eigenvalue weighted by atomic mass is 10.2. The minimum absolute atomic E-state index is 0.137. The van der Waals surface area contributed by atoms with Crippen molar-refractivity contribution in [1.82, 2.24) is 9.47 Å². The van der Waals surface area contributed by atoms with Crippen LogP contribution in [0.15, 0.2) is 54.6 Å². The Bertz CT molecular complexity index is 967. The van der Waals surface area contributed by atoms with Crippen LogP contribution in [0.2, 0.25) is 0 Å². The fourth-order valence-electron chi connectivity index (χ4n) is 3.20. The Morgan fingerprint density at radius 2 is 1.96 bits per heavy atom. The van der Waals surface area contributed by atoms with E-state index in [0.29, 0.717) is 24.3 Å². The summed E-state index contributed by atoms with van der Waals surface area (Å²) in [5.41, 5.74) is 3.54. The van der Waals surface area contributed by atoms with Crippen LogP contribution in [0.4, 0.5) is 10.5 Å². The van der Waals surface area contributed by atoms with Gasteiger partial charge in [-0.25, -0.2) is 4.79 Å². The maximum absolute atomic E-state index is 12.5. The van der Waals surface area contributed by atoms with E-state index in [0.717, 1.165) is 12.2 Å². The third kappa shape index (κ3) is 2.48. The lowest BCUT2D eigenvalue weighted by Gasteiger charge is -2.29. The van der Waals surface area contributed by atoms with Gasteiger partial charge >= 0.3 is 6.03 Å². The van der Waals surface area contributed by atoms with Crippen molar-refractivity contribution in [1.29, 1.82) is 5.26 Å². The average molecular weight is 316 g/mol. The third-order valence-electron chi connectivity index (χ3n) is 4.37. The molecule has 2 amide bonds. The van der Waals surface area contributed by atoms with E-state index in [4.69, 9.17) is 5.26 Å². The van der Waals surface area contributed by atoms with Crippen LogP contribution in [-0.4, -0.2) is 22.0 Å². The van der Waals surface area contributed by atoms with Gasteiger partial charge in [-0.15, -0.1) is 0 Å². The van der Waals surface area contributed by atoms with Gasteiger partial charge < -0.3 is 14.8 Å². The number of aromatic nitrogens is 1. The number of carbonyl (C=O) groups excluding carboxylic acids is 1. The third-order valence-corrected chi connectivity index (χ3v) is 4.37. The summed E-state index contributed by atoms with van der Waals surface area (Å²) in [6.45, 7) is 2.03. The Kier molecular flexibility index (Phi) is 3.43. The van der Waals surface area contributed by atoms with Crippen LogP contribution in [0, 0.1) is 11.3 Å². The van der Waals surface area contributed by atoms with Crippen molar-refractivity contribution in [3.05, 3.63) is 65.9 Å². The second-order valence-electron chi connectivity index (χ2n) is 5.89. The van der Waals surface area contributed by atoms with Crippen LogP contribution in [0.5, 0.6) is 0 Å². The Morgan fingerprint density at radius 3 is 2.83 bits per heavy atom. The molecule has 2 aromatic carbocycles. The summed E-state index contributed by atoms with van der Waals surface area (Å²) in [5, 5.41) is 13.0. The summed E-state index contributed by atoms with van der Waals surface area (Å²) in [5.74, 6) is 0. The molecule has 0 spiro atoms. The highest BCUT2D eigenvalue weighted by Gasteiger charge is 2.22. The predicted molar refractivity (Wildman–Crippen MR) is 92.5 cm³/mol. The lowest BCUT2D eigenvalue weighted by molar-refractivity contribution is 0.198. The molecular formula is C19H16N4O. The number of anilines is 1. The summed E-state index contributed by atoms with van der Waals surface area (Å²) < 4.78 is 2.27. The van der Waals surface area contributed by atoms with Crippen LogP contribution in [0.3, 0.4) is 0 Å². The van der Waals surface area contributed by atoms with E-state index in [9.17, 15) is 4.79 Å². The van der Waals surface area contributed by atoms with Gasteiger partial charge in [0.25, 0.3) is 0 Å². The van der Waals surface area contributed by atoms with E-state index in [1.807, 2.05) is 12.1 Å². The second-order valence-corrected chi connectivity index (χ2v) is 5.89. The fraction of sp³-hybridized carbons (Fsp3) is 0.158. The molecule has 1 aliphatic heterocycles. The van der Waals surface area contributed by atoms with Crippen molar-refractivity contribution >= 4 is 22.6 Å². The normalized spacial score (nSPS) is 13.4. The Balaban J connectivity index is 1.53. The molecule has 3 aromatic rings. The van der Waals surface area contributed by atoms with Gasteiger partial charge in [-0.05, 0) is 35.7 Å². The zero-order valence-electron chi connectivity index (χ0n) is 13.1. The molecule has 1 N–H and O–H groups in total. The molecule has 4 rings (SSSR count). The highest BCUT2D eigenvalue weighted by Crippen LogP contribution is 2.24. The molecule has 0 atom stereocenters. The molecule has 0 saturated carbocycles. The molecule has 0 bridgehead atoms. The number of carbonyl (C=O) groups is 1. The Hall–Kier alpha value is -3.26. The van der Waals surface area contributed by atoms with Crippen molar-refractivity contribution in [2.45, 2.75) is 13.1 Å². The number of amides is 2. The van der Waals surface area contributed by atoms with Crippen molar-refractivity contribution in [3.63, 3.8) is 0 Å². The largest absolute Gasteiger partial charge is 0.341 e. The van der Waals surface area contributed by atoms with E-state index in [-0.39, 0.29) is 6.03 Å². The number of nitrogens with one attached hydrogen (secondary N) is 1. The van der Waals surface area contributed by atoms with E-state index in [1.54, 1.807) is 29.2 Å². The van der Waals surface area contributed by atoms with Gasteiger partial charge in [-0.2, -0.15) is 5.26 Å². The molecule has 1 aliphatic rings. The SMILES string of the molecule is N#Cc1cccc(NC(=O)N2CCn3c(cc4ccccc43)C2)c1. The zero-order valence-corrected chi connectivity index (χ0v) is 13.1. The van der Waals surface area contributed by atoms with Gasteiger partial charge in [0.2, 0.25) is 0 Å². The first-order valence-corrected chi connectivity index (χ1v) is 7.88. The lowest BCUT2D eigenvalue weighted by Crippen LogP contribution is -2.40. The quantitative estimate of drug-likeness (QED) is 0.746. The summed E-state index contributed by atoms with van der Waals surface area (Å²) >= 11 is 0. The minimum atomic E-state index is -0.137. The topological polar surface area (TPSA) is 61.1 Å². The second kappa shape index (κ2) is 5.74. The van der Waals surface area contributed by atoms with Crippen LogP contribution in [0.25, 0.3) is 10.9 Å². The Labute approximate surface area is 139 Å². The van der Waals surface area contributed by atoms with Gasteiger partial charge in [0.15, 0.2) is 0 Å². The number of hydrogen-bond donors (Lipinski definition) is 1. The van der Waals surface area contributed by atoms with E-state index < -0.39 is 0 Å². The van der Waals surface area contributed by atoms with Gasteiger partial charge in [0, 0.05) is 30.0 Å². The first kappa shape index (κ1) is 14.3. The van der Waals surface area contributed by atoms with Crippen LogP contribution in [-0.2, 0) is 13.1 Å². The van der Waals surface area contributed by atoms with Gasteiger partial charge in [-0.1, -0.05) is 24.3 Å². The van der Waals surface area contributed by atoms with Crippen molar-refractivity contribution in [3.8, 4) is 6.07 Å². The standard InChI is InChI=1S/C19H16N4O/c20-12-14-4-3-6-16(10-14)21-19(24)22-8-9-23-17(13-22)11-15-5-1-2-7-18(15)23/h1-7,10-11H,8-9,13H2,(H,21,24). The highest BCUT2D eigenvalue weighted by molar-refractivity contribution is 5.90. The molecule has 0 radical (unpaired) electrons. The molecule has 0 fully saturated rings. The number of nitriles is 1. The van der Waals surface area contributed by atoms with E-state index in [2.05, 4.69) is 34.2 Å². The first-order chi connectivity index (χ1) is 11.7. The first-order valence-electron chi connectivity index (χ1n) is 7.88. The predicted octanol–water partition coefficient (Wildman–Crippen LogP) is 3.56. The molecule has 5 nitrogen and oxygen atoms in total. The molecule has 0 aliphatic carbocycles. The summed E-state index contributed by atoms with van der Waals surface area (Å²) in [7, 11) is 0. The number of fused-ring (bicyclic) bond motifs is 3. The number of hydrogen-bond acceptors (Lipinski definition) is 2. The maximum Gasteiger partial charge on any atom is 0.322 e. The van der Waals surface area contributed by atoms with Crippen LogP contribution < -0.4 is 5.32 Å². The number of nitrogens with zero attached hydrogens (tertiary/aromatic N) is 3. The molecule has 1 aromatic heterocycles. The van der Waals surface area contributed by atoms with E-state index >= 15 is 0 Å². The van der Waals surface area contributed by atoms with Crippen molar-refractivity contribution in [2.24, 2.45) is 0 Å². The minimum Gasteiger partial charge on any atom is -0.341 e. The van der Waals surface area contributed by atoms with Gasteiger partial charge in [0.1, 0.15) is 0 Å². The number of benzene rings is 2. The number of rotatable bonds is 1.